The second kappa shape index (κ2) is 14.8. The third-order valence-electron chi connectivity index (χ3n) is 10.1. The zero-order chi connectivity index (χ0) is 37.3. The van der Waals surface area contributed by atoms with Gasteiger partial charge in [-0.1, -0.05) is 13.3 Å². The molecule has 2 fully saturated rings. The van der Waals surface area contributed by atoms with E-state index in [-0.39, 0.29) is 23.3 Å². The number of nitrogens with one attached hydrogen (secondary N) is 1. The van der Waals surface area contributed by atoms with Gasteiger partial charge >= 0.3 is 12.1 Å². The molecule has 0 aromatic carbocycles. The van der Waals surface area contributed by atoms with Gasteiger partial charge in [-0.3, -0.25) is 0 Å². The highest BCUT2D eigenvalue weighted by Gasteiger charge is 2.39. The van der Waals surface area contributed by atoms with E-state index in [2.05, 4.69) is 29.7 Å². The summed E-state index contributed by atoms with van der Waals surface area (Å²) in [5.74, 6) is -0.368. The SMILES string of the molecule is CCOc1ncc(-c2cc(N(C)CC3(COC)CCC3)c3[nH]c(-c4cnc(N5CCC(C)(OC(CC)C(=O)O)CC5)cn4)nc3n2)cc1C(F)(F)F. The Hall–Kier alpha value is -4.57. The average molecular weight is 727 g/mol. The van der Waals surface area contributed by atoms with Crippen LogP contribution < -0.4 is 14.5 Å². The van der Waals surface area contributed by atoms with Gasteiger partial charge in [0.25, 0.3) is 0 Å². The Morgan fingerprint density at radius 1 is 1.06 bits per heavy atom. The van der Waals surface area contributed by atoms with Crippen molar-refractivity contribution in [3.8, 4) is 28.7 Å². The van der Waals surface area contributed by atoms with Gasteiger partial charge in [0.1, 0.15) is 22.6 Å². The van der Waals surface area contributed by atoms with E-state index in [0.717, 1.165) is 25.3 Å². The number of piperidine rings is 1. The van der Waals surface area contributed by atoms with Gasteiger partial charge in [-0.25, -0.2) is 29.7 Å². The number of hydrogen-bond acceptors (Lipinski definition) is 11. The maximum atomic E-state index is 14.1. The molecule has 13 nitrogen and oxygen atoms in total. The third kappa shape index (κ3) is 7.77. The first kappa shape index (κ1) is 37.2. The lowest BCUT2D eigenvalue weighted by Gasteiger charge is -2.44. The van der Waals surface area contributed by atoms with Crippen LogP contribution in [0.4, 0.5) is 24.7 Å². The molecule has 0 radical (unpaired) electrons. The first-order chi connectivity index (χ1) is 24.8. The van der Waals surface area contributed by atoms with Crippen molar-refractivity contribution in [2.75, 3.05) is 56.8 Å². The van der Waals surface area contributed by atoms with Crippen molar-refractivity contribution in [1.29, 1.82) is 0 Å². The number of hydrogen-bond donors (Lipinski definition) is 2. The van der Waals surface area contributed by atoms with Crippen molar-refractivity contribution in [1.82, 2.24) is 29.9 Å². The van der Waals surface area contributed by atoms with Crippen LogP contribution in [0.5, 0.6) is 5.88 Å². The number of imidazole rings is 1. The Balaban J connectivity index is 1.31. The number of nitrogens with zero attached hydrogens (tertiary/aromatic N) is 7. The van der Waals surface area contributed by atoms with Crippen LogP contribution in [-0.4, -0.2) is 99.7 Å². The van der Waals surface area contributed by atoms with Crippen molar-refractivity contribution in [3.05, 3.63) is 36.3 Å². The predicted molar refractivity (Wildman–Crippen MR) is 188 cm³/mol. The molecule has 52 heavy (non-hydrogen) atoms. The predicted octanol–water partition coefficient (Wildman–Crippen LogP) is 6.39. The number of anilines is 2. The molecular formula is C36H45F3N8O5. The molecule has 1 aliphatic heterocycles. The molecule has 5 heterocycles. The second-order valence-corrected chi connectivity index (χ2v) is 14.0. The molecule has 1 aliphatic carbocycles. The highest BCUT2D eigenvalue weighted by atomic mass is 19.4. The number of aromatic nitrogens is 6. The van der Waals surface area contributed by atoms with Crippen LogP contribution >= 0.6 is 0 Å². The molecule has 0 bridgehead atoms. The third-order valence-corrected chi connectivity index (χ3v) is 10.1. The summed E-state index contributed by atoms with van der Waals surface area (Å²) in [5.41, 5.74) is 0.963. The molecule has 6 rings (SSSR count). The molecular weight excluding hydrogens is 681 g/mol. The number of aromatic amines is 1. The Labute approximate surface area is 299 Å². The highest BCUT2D eigenvalue weighted by Crippen LogP contribution is 2.44. The van der Waals surface area contributed by atoms with Gasteiger partial charge in [0, 0.05) is 51.0 Å². The fraction of sp³-hybridized carbons (Fsp3) is 0.556. The summed E-state index contributed by atoms with van der Waals surface area (Å²) < 4.78 is 58.9. The summed E-state index contributed by atoms with van der Waals surface area (Å²) in [5, 5.41) is 9.45. The van der Waals surface area contributed by atoms with Gasteiger partial charge in [-0.2, -0.15) is 13.2 Å². The zero-order valence-corrected chi connectivity index (χ0v) is 30.1. The number of alkyl halides is 3. The number of carboxylic acids is 1. The standard InChI is InChI=1S/C36H45F3N8O5/c1-6-27(33(48)49)52-34(3)11-13-47(14-12-34)28-19-40-25(18-41-28)30-44-29-26(46(4)20-35(21-50-5)9-8-10-35)16-24(43-31(29)45-30)22-15-23(36(37,38)39)32(42-17-22)51-7-2/h15-19,27H,6-14,20-21H2,1-5H3,(H,48,49)(H,43,44,45). The van der Waals surface area contributed by atoms with E-state index in [0.29, 0.717) is 79.7 Å². The van der Waals surface area contributed by atoms with E-state index in [4.69, 9.17) is 24.2 Å². The molecule has 2 N–H and O–H groups in total. The maximum Gasteiger partial charge on any atom is 0.421 e. The van der Waals surface area contributed by atoms with E-state index in [9.17, 15) is 23.1 Å². The smallest absolute Gasteiger partial charge is 0.421 e. The number of halogens is 3. The van der Waals surface area contributed by atoms with Gasteiger partial charge in [0.05, 0.1) is 42.6 Å². The molecule has 280 valence electrons. The molecule has 1 saturated carbocycles. The largest absolute Gasteiger partial charge is 0.479 e. The second-order valence-electron chi connectivity index (χ2n) is 14.0. The molecule has 16 heteroatoms. The summed E-state index contributed by atoms with van der Waals surface area (Å²) in [6, 6.07) is 2.76. The van der Waals surface area contributed by atoms with Gasteiger partial charge in [-0.05, 0) is 58.1 Å². The molecule has 4 aromatic heterocycles. The van der Waals surface area contributed by atoms with E-state index in [1.807, 2.05) is 14.0 Å². The van der Waals surface area contributed by atoms with Crippen LogP contribution in [-0.2, 0) is 20.4 Å². The number of ether oxygens (including phenoxy) is 3. The monoisotopic (exact) mass is 726 g/mol. The van der Waals surface area contributed by atoms with Gasteiger partial charge in [-0.15, -0.1) is 0 Å². The van der Waals surface area contributed by atoms with Crippen molar-refractivity contribution >= 4 is 28.6 Å². The molecule has 0 spiro atoms. The number of carboxylic acid groups (broad SMARTS) is 1. The van der Waals surface area contributed by atoms with Crippen molar-refractivity contribution in [3.63, 3.8) is 0 Å². The Morgan fingerprint density at radius 2 is 1.81 bits per heavy atom. The van der Waals surface area contributed by atoms with E-state index < -0.39 is 35.3 Å². The Kier molecular flexibility index (Phi) is 10.6. The van der Waals surface area contributed by atoms with Crippen LogP contribution in [0.15, 0.2) is 30.7 Å². The van der Waals surface area contributed by atoms with Gasteiger partial charge in [0.15, 0.2) is 17.6 Å². The minimum absolute atomic E-state index is 0.0399. The Bertz CT molecular complexity index is 1870. The fourth-order valence-corrected chi connectivity index (χ4v) is 7.09. The van der Waals surface area contributed by atoms with E-state index >= 15 is 0 Å². The Morgan fingerprint density at radius 3 is 2.38 bits per heavy atom. The molecule has 1 saturated heterocycles. The van der Waals surface area contributed by atoms with Crippen LogP contribution in [0.2, 0.25) is 0 Å². The number of methoxy groups -OCH3 is 1. The van der Waals surface area contributed by atoms with Crippen LogP contribution in [0.3, 0.4) is 0 Å². The molecule has 1 unspecified atom stereocenters. The van der Waals surface area contributed by atoms with Crippen molar-refractivity contribution < 1.29 is 37.3 Å². The number of rotatable bonds is 14. The minimum atomic E-state index is -4.68. The number of H-pyrrole nitrogens is 1. The molecule has 1 atom stereocenters. The molecule has 2 aliphatic rings. The average Bonchev–Trinajstić information content (AvgIpc) is 3.54. The maximum absolute atomic E-state index is 14.1. The summed E-state index contributed by atoms with van der Waals surface area (Å²) in [7, 11) is 3.63. The number of pyridine rings is 2. The quantitative estimate of drug-likeness (QED) is 0.148. The van der Waals surface area contributed by atoms with Crippen LogP contribution in [0, 0.1) is 5.41 Å². The first-order valence-corrected chi connectivity index (χ1v) is 17.6. The fourth-order valence-electron chi connectivity index (χ4n) is 7.09. The van der Waals surface area contributed by atoms with Crippen molar-refractivity contribution in [2.24, 2.45) is 5.41 Å². The summed E-state index contributed by atoms with van der Waals surface area (Å²) in [6.07, 6.45) is 3.86. The highest BCUT2D eigenvalue weighted by molar-refractivity contribution is 5.91. The lowest BCUT2D eigenvalue weighted by atomic mass is 9.69. The normalized spacial score (nSPS) is 17.5. The summed E-state index contributed by atoms with van der Waals surface area (Å²) in [6.45, 7) is 7.88. The summed E-state index contributed by atoms with van der Waals surface area (Å²) >= 11 is 0. The number of fused-ring (bicyclic) bond motifs is 1. The lowest BCUT2D eigenvalue weighted by Crippen LogP contribution is -2.47. The lowest BCUT2D eigenvalue weighted by molar-refractivity contribution is -0.165. The zero-order valence-electron chi connectivity index (χ0n) is 30.1. The molecule has 4 aromatic rings. The van der Waals surface area contributed by atoms with Crippen LogP contribution in [0.25, 0.3) is 33.9 Å². The first-order valence-electron chi connectivity index (χ1n) is 17.6. The summed E-state index contributed by atoms with van der Waals surface area (Å²) in [4.78, 5) is 41.8. The van der Waals surface area contributed by atoms with Crippen LogP contribution in [0.1, 0.15) is 64.9 Å². The number of carbonyl (C=O) groups is 1. The number of aliphatic carboxylic acids is 1. The van der Waals surface area contributed by atoms with Gasteiger partial charge < -0.3 is 34.1 Å². The van der Waals surface area contributed by atoms with Crippen molar-refractivity contribution in [2.45, 2.75) is 77.2 Å². The topological polar surface area (TPSA) is 152 Å². The minimum Gasteiger partial charge on any atom is -0.479 e. The van der Waals surface area contributed by atoms with Gasteiger partial charge in [0.2, 0.25) is 5.88 Å². The van der Waals surface area contributed by atoms with E-state index in [1.165, 1.54) is 6.20 Å². The van der Waals surface area contributed by atoms with E-state index in [1.54, 1.807) is 39.4 Å². The molecule has 0 amide bonds.